The highest BCUT2D eigenvalue weighted by atomic mass is 16.3. The van der Waals surface area contributed by atoms with Crippen molar-refractivity contribution in [1.29, 1.82) is 0 Å². The highest BCUT2D eigenvalue weighted by Gasteiger charge is 2.16. The molecule has 0 N–H and O–H groups in total. The Bertz CT molecular complexity index is 3210. The Balaban J connectivity index is 1.06. The van der Waals surface area contributed by atoms with Gasteiger partial charge in [-0.05, 0) is 70.3 Å². The standard InChI is InChI=1S/C49H31N3O/c1-3-12-33(13-4-1)41-29-39(30-42-40-19-8-10-21-47(40)53-48(41)42)38-18-11-17-37(28-38)32-22-24-36(25-23-32)46-31-45(34-14-5-2-6-15-34)51-49(52-46)44-27-26-35-16-7-9-20-43(35)50-44/h1-31H/i1D,3D,4D,12D,13D. The molecule has 0 saturated carbocycles. The van der Waals surface area contributed by atoms with E-state index >= 15 is 0 Å². The zero-order chi connectivity index (χ0) is 39.5. The molecule has 0 atom stereocenters. The zero-order valence-corrected chi connectivity index (χ0v) is 28.3. The van der Waals surface area contributed by atoms with Crippen LogP contribution in [0.2, 0.25) is 0 Å². The van der Waals surface area contributed by atoms with Gasteiger partial charge in [0, 0.05) is 32.8 Å². The van der Waals surface area contributed by atoms with Gasteiger partial charge in [0.1, 0.15) is 16.9 Å². The van der Waals surface area contributed by atoms with Gasteiger partial charge in [-0.2, -0.15) is 0 Å². The van der Waals surface area contributed by atoms with E-state index in [1.165, 1.54) is 0 Å². The Morgan fingerprint density at radius 2 is 1.09 bits per heavy atom. The molecule has 10 rings (SSSR count). The Hall–Kier alpha value is -7.17. The summed E-state index contributed by atoms with van der Waals surface area (Å²) >= 11 is 0. The van der Waals surface area contributed by atoms with Gasteiger partial charge in [-0.25, -0.2) is 15.0 Å². The van der Waals surface area contributed by atoms with Gasteiger partial charge in [0.05, 0.1) is 23.8 Å². The van der Waals surface area contributed by atoms with E-state index < -0.39 is 18.1 Å². The van der Waals surface area contributed by atoms with Gasteiger partial charge in [-0.15, -0.1) is 0 Å². The molecule has 0 unspecified atom stereocenters. The second-order valence-electron chi connectivity index (χ2n) is 12.9. The lowest BCUT2D eigenvalue weighted by molar-refractivity contribution is 0.670. The van der Waals surface area contributed by atoms with E-state index in [1.807, 2.05) is 121 Å². The summed E-state index contributed by atoms with van der Waals surface area (Å²) in [6.45, 7) is 0. The van der Waals surface area contributed by atoms with E-state index in [2.05, 4.69) is 36.4 Å². The fourth-order valence-electron chi connectivity index (χ4n) is 6.93. The molecule has 0 radical (unpaired) electrons. The van der Waals surface area contributed by atoms with Crippen molar-refractivity contribution < 1.29 is 11.3 Å². The molecule has 0 bridgehead atoms. The van der Waals surface area contributed by atoms with Gasteiger partial charge in [0.2, 0.25) is 0 Å². The molecule has 0 saturated heterocycles. The van der Waals surface area contributed by atoms with Crippen LogP contribution in [0.4, 0.5) is 0 Å². The molecule has 0 amide bonds. The molecule has 53 heavy (non-hydrogen) atoms. The summed E-state index contributed by atoms with van der Waals surface area (Å²) in [6.07, 6.45) is 0. The predicted molar refractivity (Wildman–Crippen MR) is 217 cm³/mol. The quantitative estimate of drug-likeness (QED) is 0.175. The monoisotopic (exact) mass is 682 g/mol. The van der Waals surface area contributed by atoms with E-state index in [0.29, 0.717) is 28.2 Å². The number of benzene rings is 7. The Kier molecular flexibility index (Phi) is 6.24. The van der Waals surface area contributed by atoms with E-state index in [0.717, 1.165) is 66.4 Å². The SMILES string of the molecule is [2H]c1c([2H])c([2H])c(-c2cc(-c3cccc(-c4ccc(-c5cc(-c6ccccc6)nc(-c6ccc7ccccc7n6)n5)cc4)c3)cc3c2oc2ccccc23)c([2H])c1[2H]. The molecule has 248 valence electrons. The number of nitrogens with zero attached hydrogens (tertiary/aromatic N) is 3. The second-order valence-corrected chi connectivity index (χ2v) is 12.9. The van der Waals surface area contributed by atoms with Gasteiger partial charge in [-0.1, -0.05) is 145 Å². The molecule has 4 heteroatoms. The lowest BCUT2D eigenvalue weighted by Crippen LogP contribution is -1.97. The predicted octanol–water partition coefficient (Wildman–Crippen LogP) is 12.9. The Morgan fingerprint density at radius 1 is 0.415 bits per heavy atom. The molecule has 0 aliphatic rings. The maximum absolute atomic E-state index is 8.80. The third kappa shape index (κ3) is 5.73. The summed E-state index contributed by atoms with van der Waals surface area (Å²) in [7, 11) is 0. The third-order valence-corrected chi connectivity index (χ3v) is 9.58. The van der Waals surface area contributed by atoms with Crippen molar-refractivity contribution in [2.75, 3.05) is 0 Å². The number of aromatic nitrogens is 3. The van der Waals surface area contributed by atoms with Crippen LogP contribution in [0.15, 0.2) is 192 Å². The first-order valence-corrected chi connectivity index (χ1v) is 17.4. The number of para-hydroxylation sites is 2. The molecule has 10 aromatic rings. The van der Waals surface area contributed by atoms with Gasteiger partial charge in [0.15, 0.2) is 5.82 Å². The highest BCUT2D eigenvalue weighted by Crippen LogP contribution is 2.40. The fraction of sp³-hybridized carbons (Fsp3) is 0. The molecule has 0 aliphatic carbocycles. The average molecular weight is 683 g/mol. The van der Waals surface area contributed by atoms with Crippen LogP contribution < -0.4 is 0 Å². The molecule has 4 nitrogen and oxygen atoms in total. The Labute approximate surface area is 313 Å². The Morgan fingerprint density at radius 3 is 1.92 bits per heavy atom. The molecule has 7 aromatic carbocycles. The van der Waals surface area contributed by atoms with E-state index in [1.54, 1.807) is 0 Å². The molecule has 3 aromatic heterocycles. The first-order chi connectivity index (χ1) is 28.3. The van der Waals surface area contributed by atoms with E-state index in [9.17, 15) is 0 Å². The molecular formula is C49H31N3O. The average Bonchev–Trinajstić information content (AvgIpc) is 3.66. The van der Waals surface area contributed by atoms with Crippen LogP contribution in [0.5, 0.6) is 0 Å². The number of rotatable bonds is 6. The summed E-state index contributed by atoms with van der Waals surface area (Å²) in [6, 6.07) is 50.4. The maximum Gasteiger partial charge on any atom is 0.179 e. The summed E-state index contributed by atoms with van der Waals surface area (Å²) in [5, 5.41) is 2.72. The lowest BCUT2D eigenvalue weighted by Gasteiger charge is -2.11. The highest BCUT2D eigenvalue weighted by molar-refractivity contribution is 6.11. The number of furan rings is 1. The van der Waals surface area contributed by atoms with E-state index in [4.69, 9.17) is 26.2 Å². The minimum Gasteiger partial charge on any atom is -0.455 e. The van der Waals surface area contributed by atoms with Crippen LogP contribution in [-0.4, -0.2) is 15.0 Å². The third-order valence-electron chi connectivity index (χ3n) is 9.58. The van der Waals surface area contributed by atoms with Crippen molar-refractivity contribution in [1.82, 2.24) is 15.0 Å². The van der Waals surface area contributed by atoms with Crippen LogP contribution >= 0.6 is 0 Å². The number of pyridine rings is 1. The van der Waals surface area contributed by atoms with Gasteiger partial charge >= 0.3 is 0 Å². The van der Waals surface area contributed by atoms with Crippen LogP contribution in [0.25, 0.3) is 100 Å². The summed E-state index contributed by atoms with van der Waals surface area (Å²) in [4.78, 5) is 14.9. The minimum absolute atomic E-state index is 0.100. The lowest BCUT2D eigenvalue weighted by atomic mass is 9.93. The maximum atomic E-state index is 8.80. The molecule has 3 heterocycles. The number of hydrogen-bond acceptors (Lipinski definition) is 4. The normalized spacial score (nSPS) is 12.7. The van der Waals surface area contributed by atoms with Gasteiger partial charge < -0.3 is 4.42 Å². The van der Waals surface area contributed by atoms with Crippen LogP contribution in [-0.2, 0) is 0 Å². The van der Waals surface area contributed by atoms with Crippen molar-refractivity contribution in [2.45, 2.75) is 0 Å². The van der Waals surface area contributed by atoms with Crippen molar-refractivity contribution in [3.63, 3.8) is 0 Å². The van der Waals surface area contributed by atoms with Crippen molar-refractivity contribution >= 4 is 32.8 Å². The van der Waals surface area contributed by atoms with Gasteiger partial charge in [-0.3, -0.25) is 0 Å². The largest absolute Gasteiger partial charge is 0.455 e. The van der Waals surface area contributed by atoms with Crippen LogP contribution in [0.3, 0.4) is 0 Å². The number of fused-ring (bicyclic) bond motifs is 4. The minimum atomic E-state index is -0.437. The molecule has 0 aliphatic heterocycles. The first kappa shape index (κ1) is 25.7. The van der Waals surface area contributed by atoms with Gasteiger partial charge in [0.25, 0.3) is 0 Å². The van der Waals surface area contributed by atoms with Crippen molar-refractivity contribution in [2.24, 2.45) is 0 Å². The zero-order valence-electron chi connectivity index (χ0n) is 33.3. The number of hydrogen-bond donors (Lipinski definition) is 0. The topological polar surface area (TPSA) is 51.8 Å². The molecule has 0 spiro atoms. The fourth-order valence-corrected chi connectivity index (χ4v) is 6.93. The van der Waals surface area contributed by atoms with Crippen molar-refractivity contribution in [3.05, 3.63) is 188 Å². The second kappa shape index (κ2) is 12.9. The smallest absolute Gasteiger partial charge is 0.179 e. The summed E-state index contributed by atoms with van der Waals surface area (Å²) in [5.41, 5.74) is 10.4. The van der Waals surface area contributed by atoms with Crippen molar-refractivity contribution in [3.8, 4) is 67.4 Å². The van der Waals surface area contributed by atoms with Crippen LogP contribution in [0, 0.1) is 0 Å². The summed E-state index contributed by atoms with van der Waals surface area (Å²) < 4.78 is 48.9. The van der Waals surface area contributed by atoms with E-state index in [-0.39, 0.29) is 17.6 Å². The molecule has 0 fully saturated rings. The van der Waals surface area contributed by atoms with Crippen LogP contribution in [0.1, 0.15) is 6.85 Å². The summed E-state index contributed by atoms with van der Waals surface area (Å²) in [5.74, 6) is 0.546. The molecular weight excluding hydrogens is 647 g/mol. The first-order valence-electron chi connectivity index (χ1n) is 19.9.